The quantitative estimate of drug-likeness (QED) is 0.563. The Morgan fingerprint density at radius 3 is 2.62 bits per heavy atom. The van der Waals surface area contributed by atoms with Crippen LogP contribution in [0.3, 0.4) is 0 Å². The molecule has 32 heavy (non-hydrogen) atoms. The molecule has 0 fully saturated rings. The maximum atomic E-state index is 13.5. The first-order valence-electron chi connectivity index (χ1n) is 10.3. The van der Waals surface area contributed by atoms with Crippen molar-refractivity contribution in [2.45, 2.75) is 26.8 Å². The molecule has 0 N–H and O–H groups in total. The molecule has 2 aromatic carbocycles. The first-order chi connectivity index (χ1) is 15.4. The van der Waals surface area contributed by atoms with E-state index in [0.29, 0.717) is 20.6 Å². The summed E-state index contributed by atoms with van der Waals surface area (Å²) in [5, 5.41) is 0. The molecule has 3 aromatic rings. The molecule has 0 saturated carbocycles. The zero-order valence-electron chi connectivity index (χ0n) is 18.4. The summed E-state index contributed by atoms with van der Waals surface area (Å²) in [5.41, 5.74) is 3.45. The molecule has 0 amide bonds. The molecular weight excluding hydrogens is 424 g/mol. The fourth-order valence-corrected chi connectivity index (χ4v) is 4.87. The van der Waals surface area contributed by atoms with Crippen molar-refractivity contribution < 1.29 is 14.3 Å². The number of benzene rings is 2. The summed E-state index contributed by atoms with van der Waals surface area (Å²) in [6, 6.07) is 14.7. The zero-order valence-corrected chi connectivity index (χ0v) is 19.2. The molecule has 6 nitrogen and oxygen atoms in total. The van der Waals surface area contributed by atoms with Crippen molar-refractivity contribution in [1.82, 2.24) is 4.57 Å². The van der Waals surface area contributed by atoms with Crippen molar-refractivity contribution in [3.8, 4) is 5.75 Å². The third-order valence-electron chi connectivity index (χ3n) is 5.36. The lowest BCUT2D eigenvalue weighted by Crippen LogP contribution is -2.39. The summed E-state index contributed by atoms with van der Waals surface area (Å²) in [4.78, 5) is 31.5. The molecular formula is C25H24N2O4S. The van der Waals surface area contributed by atoms with Gasteiger partial charge >= 0.3 is 5.97 Å². The number of methoxy groups -OCH3 is 1. The van der Waals surface area contributed by atoms with Gasteiger partial charge in [0.25, 0.3) is 5.56 Å². The lowest BCUT2D eigenvalue weighted by atomic mass is 9.96. The smallest absolute Gasteiger partial charge is 0.338 e. The van der Waals surface area contributed by atoms with Gasteiger partial charge in [0, 0.05) is 0 Å². The van der Waals surface area contributed by atoms with Crippen LogP contribution in [0.15, 0.2) is 69.6 Å². The highest BCUT2D eigenvalue weighted by Gasteiger charge is 2.33. The molecule has 2 heterocycles. The summed E-state index contributed by atoms with van der Waals surface area (Å²) in [6.07, 6.45) is 1.83. The zero-order chi connectivity index (χ0) is 22.8. The van der Waals surface area contributed by atoms with Gasteiger partial charge in [-0.3, -0.25) is 9.36 Å². The fourth-order valence-electron chi connectivity index (χ4n) is 3.82. The molecule has 0 spiro atoms. The molecule has 1 aliphatic rings. The molecule has 0 bridgehead atoms. The summed E-state index contributed by atoms with van der Waals surface area (Å²) in [6.45, 7) is 5.76. The lowest BCUT2D eigenvalue weighted by molar-refractivity contribution is -0.139. The summed E-state index contributed by atoms with van der Waals surface area (Å²) in [5.74, 6) is 0.300. The SMILES string of the molecule is CCOC(=O)C1=C(C)N=c2sc(=Cc3ccc(C)c(OC)c3)c(=O)n2C1c1ccccc1. The lowest BCUT2D eigenvalue weighted by Gasteiger charge is -2.24. The average molecular weight is 449 g/mol. The first kappa shape index (κ1) is 21.8. The Balaban J connectivity index is 1.93. The maximum Gasteiger partial charge on any atom is 0.338 e. The minimum atomic E-state index is -0.596. The van der Waals surface area contributed by atoms with Gasteiger partial charge in [0.05, 0.1) is 35.6 Å². The van der Waals surface area contributed by atoms with E-state index in [4.69, 9.17) is 9.47 Å². The molecule has 1 atom stereocenters. The Morgan fingerprint density at radius 1 is 1.19 bits per heavy atom. The standard InChI is InChI=1S/C25H24N2O4S/c1-5-31-24(29)21-16(3)26-25-27(22(21)18-9-7-6-8-10-18)23(28)20(32-25)14-17-12-11-15(2)19(13-17)30-4/h6-14,22H,5H2,1-4H3. The molecule has 0 saturated heterocycles. The highest BCUT2D eigenvalue weighted by Crippen LogP contribution is 2.30. The van der Waals surface area contributed by atoms with Crippen molar-refractivity contribution in [1.29, 1.82) is 0 Å². The van der Waals surface area contributed by atoms with Crippen molar-refractivity contribution in [3.05, 3.63) is 96.2 Å². The number of nitrogens with zero attached hydrogens (tertiary/aromatic N) is 2. The van der Waals surface area contributed by atoms with Gasteiger partial charge in [0.2, 0.25) is 0 Å². The van der Waals surface area contributed by atoms with Crippen molar-refractivity contribution >= 4 is 23.4 Å². The van der Waals surface area contributed by atoms with Crippen LogP contribution in [-0.2, 0) is 9.53 Å². The second kappa shape index (κ2) is 8.96. The molecule has 0 radical (unpaired) electrons. The van der Waals surface area contributed by atoms with E-state index in [-0.39, 0.29) is 12.2 Å². The van der Waals surface area contributed by atoms with Crippen LogP contribution in [0, 0.1) is 6.92 Å². The summed E-state index contributed by atoms with van der Waals surface area (Å²) >= 11 is 1.30. The normalized spacial score (nSPS) is 15.9. The van der Waals surface area contributed by atoms with Gasteiger partial charge in [0.1, 0.15) is 5.75 Å². The van der Waals surface area contributed by atoms with Crippen LogP contribution in [0.1, 0.15) is 36.6 Å². The van der Waals surface area contributed by atoms with Crippen LogP contribution in [-0.4, -0.2) is 24.3 Å². The number of hydrogen-bond donors (Lipinski definition) is 0. The highest BCUT2D eigenvalue weighted by molar-refractivity contribution is 7.07. The van der Waals surface area contributed by atoms with Crippen molar-refractivity contribution in [2.75, 3.05) is 13.7 Å². The number of thiazole rings is 1. The Labute approximate surface area is 189 Å². The number of carbonyl (C=O) groups is 1. The molecule has 7 heteroatoms. The van der Waals surface area contributed by atoms with Gasteiger partial charge in [0.15, 0.2) is 4.80 Å². The van der Waals surface area contributed by atoms with E-state index >= 15 is 0 Å². The van der Waals surface area contributed by atoms with Gasteiger partial charge in [-0.1, -0.05) is 53.8 Å². The van der Waals surface area contributed by atoms with Gasteiger partial charge in [-0.05, 0) is 49.6 Å². The van der Waals surface area contributed by atoms with Crippen LogP contribution in [0.2, 0.25) is 0 Å². The van der Waals surface area contributed by atoms with E-state index in [1.807, 2.05) is 61.5 Å². The van der Waals surface area contributed by atoms with Crippen molar-refractivity contribution in [2.24, 2.45) is 4.99 Å². The number of aryl methyl sites for hydroxylation is 1. The van der Waals surface area contributed by atoms with Crippen LogP contribution >= 0.6 is 11.3 Å². The highest BCUT2D eigenvalue weighted by atomic mass is 32.1. The van der Waals surface area contributed by atoms with Gasteiger partial charge < -0.3 is 9.47 Å². The van der Waals surface area contributed by atoms with E-state index in [1.165, 1.54) is 11.3 Å². The second-order valence-electron chi connectivity index (χ2n) is 7.44. The van der Waals surface area contributed by atoms with E-state index in [2.05, 4.69) is 4.99 Å². The minimum absolute atomic E-state index is 0.198. The number of esters is 1. The third kappa shape index (κ3) is 3.91. The number of rotatable bonds is 5. The largest absolute Gasteiger partial charge is 0.496 e. The predicted octanol–water partition coefficient (Wildman–Crippen LogP) is 3.12. The van der Waals surface area contributed by atoms with E-state index in [9.17, 15) is 9.59 Å². The van der Waals surface area contributed by atoms with Crippen LogP contribution in [0.4, 0.5) is 0 Å². The number of allylic oxidation sites excluding steroid dienone is 1. The Kier molecular flexibility index (Phi) is 6.10. The molecule has 1 unspecified atom stereocenters. The molecule has 1 aliphatic heterocycles. The molecule has 164 valence electrons. The molecule has 0 aliphatic carbocycles. The number of fused-ring (bicyclic) bond motifs is 1. The molecule has 1 aromatic heterocycles. The Morgan fingerprint density at radius 2 is 1.94 bits per heavy atom. The fraction of sp³-hybridized carbons (Fsp3) is 0.240. The Hall–Kier alpha value is -3.45. The topological polar surface area (TPSA) is 69.9 Å². The number of ether oxygens (including phenoxy) is 2. The first-order valence-corrected chi connectivity index (χ1v) is 11.2. The van der Waals surface area contributed by atoms with Gasteiger partial charge in [-0.2, -0.15) is 0 Å². The maximum absolute atomic E-state index is 13.5. The van der Waals surface area contributed by atoms with E-state index < -0.39 is 12.0 Å². The van der Waals surface area contributed by atoms with Gasteiger partial charge in [-0.15, -0.1) is 0 Å². The summed E-state index contributed by atoms with van der Waals surface area (Å²) in [7, 11) is 1.62. The minimum Gasteiger partial charge on any atom is -0.496 e. The van der Waals surface area contributed by atoms with E-state index in [0.717, 1.165) is 22.4 Å². The van der Waals surface area contributed by atoms with Crippen LogP contribution in [0.25, 0.3) is 6.08 Å². The van der Waals surface area contributed by atoms with Crippen molar-refractivity contribution in [3.63, 3.8) is 0 Å². The Bertz CT molecular complexity index is 1380. The predicted molar refractivity (Wildman–Crippen MR) is 125 cm³/mol. The number of hydrogen-bond acceptors (Lipinski definition) is 6. The average Bonchev–Trinajstić information content (AvgIpc) is 3.09. The van der Waals surface area contributed by atoms with Crippen LogP contribution in [0.5, 0.6) is 5.75 Å². The third-order valence-corrected chi connectivity index (χ3v) is 6.35. The van der Waals surface area contributed by atoms with E-state index in [1.54, 1.807) is 25.5 Å². The second-order valence-corrected chi connectivity index (χ2v) is 8.45. The van der Waals surface area contributed by atoms with Crippen LogP contribution < -0.4 is 19.6 Å². The monoisotopic (exact) mass is 448 g/mol. The number of aromatic nitrogens is 1. The van der Waals surface area contributed by atoms with Gasteiger partial charge in [-0.25, -0.2) is 9.79 Å². The summed E-state index contributed by atoms with van der Waals surface area (Å²) < 4.78 is 12.8. The number of carbonyl (C=O) groups excluding carboxylic acids is 1. The molecule has 4 rings (SSSR count).